The van der Waals surface area contributed by atoms with Crippen LogP contribution in [0.15, 0.2) is 42.2 Å². The van der Waals surface area contributed by atoms with Gasteiger partial charge in [0.05, 0.1) is 6.42 Å². The van der Waals surface area contributed by atoms with Gasteiger partial charge in [0, 0.05) is 62.2 Å². The van der Waals surface area contributed by atoms with Crippen molar-refractivity contribution >= 4 is 17.1 Å². The first-order chi connectivity index (χ1) is 12.1. The number of hydrogen-bond donors (Lipinski definition) is 1. The van der Waals surface area contributed by atoms with Gasteiger partial charge >= 0.3 is 0 Å². The van der Waals surface area contributed by atoms with Gasteiger partial charge < -0.3 is 26.9 Å². The van der Waals surface area contributed by atoms with E-state index >= 15 is 0 Å². The van der Waals surface area contributed by atoms with Crippen molar-refractivity contribution in [1.29, 1.82) is 0 Å². The number of fused-ring (bicyclic) bond motifs is 1. The molecule has 0 bridgehead atoms. The molecule has 3 nitrogen and oxygen atoms in total. The van der Waals surface area contributed by atoms with Gasteiger partial charge in [-0.15, -0.1) is 0 Å². The number of benzene rings is 1. The van der Waals surface area contributed by atoms with Crippen LogP contribution in [0, 0.1) is 0 Å². The molecular weight excluding hydrogens is 386 g/mol. The van der Waals surface area contributed by atoms with Crippen LogP contribution < -0.4 is 17.0 Å². The lowest BCUT2D eigenvalue weighted by molar-refractivity contribution is -0.597. The number of piperidine rings is 1. The van der Waals surface area contributed by atoms with Crippen LogP contribution in [0.2, 0.25) is 0 Å². The number of halogens is 1. The summed E-state index contributed by atoms with van der Waals surface area (Å²) in [7, 11) is 0. The molecular formula is C22H30BrN3. The highest BCUT2D eigenvalue weighted by molar-refractivity contribution is 5.83. The molecule has 0 spiro atoms. The highest BCUT2D eigenvalue weighted by Crippen LogP contribution is 2.28. The summed E-state index contributed by atoms with van der Waals surface area (Å²) >= 11 is 0. The van der Waals surface area contributed by atoms with E-state index < -0.39 is 0 Å². The molecule has 0 unspecified atom stereocenters. The van der Waals surface area contributed by atoms with Gasteiger partial charge in [-0.1, -0.05) is 18.2 Å². The van der Waals surface area contributed by atoms with Crippen molar-refractivity contribution in [3.63, 3.8) is 0 Å². The smallest absolute Gasteiger partial charge is 0.165 e. The Morgan fingerprint density at radius 2 is 1.88 bits per heavy atom. The van der Waals surface area contributed by atoms with Crippen molar-refractivity contribution in [1.82, 2.24) is 9.88 Å². The molecule has 2 aromatic rings. The highest BCUT2D eigenvalue weighted by Gasteiger charge is 2.35. The molecule has 2 aliphatic heterocycles. The predicted octanol–water partition coefficient (Wildman–Crippen LogP) is 1.35. The number of aromatic amines is 1. The highest BCUT2D eigenvalue weighted by atomic mass is 79.9. The molecule has 1 aromatic carbocycles. The summed E-state index contributed by atoms with van der Waals surface area (Å²) in [4.78, 5) is 6.01. The SMILES string of the molecule is CC1(C)CC(N2CCCCC2)=CC=[N+]1CCc1c[nH]c2ccccc12.[Br-]. The summed E-state index contributed by atoms with van der Waals surface area (Å²) in [6.45, 7) is 8.32. The standard InChI is InChI=1S/C22H30N3.BrH/c1-22(2)16-19(24-12-6-3-7-13-24)11-15-25(22)14-10-18-17-23-21-9-5-4-8-20(18)21;/h4-5,8-9,11,15,17,23H,3,6-7,10,12-14,16H2,1-2H3;1H/q+1;/p-1. The Morgan fingerprint density at radius 3 is 2.65 bits per heavy atom. The van der Waals surface area contributed by atoms with Crippen molar-refractivity contribution in [2.45, 2.75) is 51.5 Å². The number of likely N-dealkylation sites (tertiary alicyclic amines) is 1. The third kappa shape index (κ3) is 3.90. The minimum atomic E-state index is 0. The summed E-state index contributed by atoms with van der Waals surface area (Å²) in [6, 6.07) is 8.60. The Bertz CT molecular complexity index is 810. The summed E-state index contributed by atoms with van der Waals surface area (Å²) < 4.78 is 2.53. The minimum Gasteiger partial charge on any atom is -1.00 e. The number of nitrogens with zero attached hydrogens (tertiary/aromatic N) is 2. The van der Waals surface area contributed by atoms with E-state index in [1.54, 1.807) is 0 Å². The van der Waals surface area contributed by atoms with Gasteiger partial charge in [0.25, 0.3) is 0 Å². The average molecular weight is 416 g/mol. The Hall–Kier alpha value is -1.55. The van der Waals surface area contributed by atoms with Crippen LogP contribution in [0.25, 0.3) is 10.9 Å². The van der Waals surface area contributed by atoms with Gasteiger partial charge in [-0.05, 0) is 30.9 Å². The Morgan fingerprint density at radius 1 is 1.12 bits per heavy atom. The lowest BCUT2D eigenvalue weighted by atomic mass is 9.92. The van der Waals surface area contributed by atoms with E-state index in [4.69, 9.17) is 0 Å². The van der Waals surface area contributed by atoms with Crippen molar-refractivity contribution in [2.75, 3.05) is 19.6 Å². The molecule has 4 heteroatoms. The zero-order chi connectivity index (χ0) is 17.3. The molecule has 4 rings (SSSR count). The normalized spacial score (nSPS) is 19.7. The number of hydrogen-bond acceptors (Lipinski definition) is 1. The van der Waals surface area contributed by atoms with Gasteiger partial charge in [-0.2, -0.15) is 0 Å². The molecule has 3 heterocycles. The summed E-state index contributed by atoms with van der Waals surface area (Å²) in [5, 5.41) is 1.36. The molecule has 26 heavy (non-hydrogen) atoms. The van der Waals surface area contributed by atoms with E-state index in [1.807, 2.05) is 0 Å². The molecule has 0 radical (unpaired) electrons. The first-order valence-electron chi connectivity index (χ1n) is 9.74. The molecule has 1 aromatic heterocycles. The van der Waals surface area contributed by atoms with E-state index in [9.17, 15) is 0 Å². The Balaban J connectivity index is 0.00000196. The van der Waals surface area contributed by atoms with Gasteiger partial charge in [0.2, 0.25) is 0 Å². The van der Waals surface area contributed by atoms with Crippen LogP contribution in [0.5, 0.6) is 0 Å². The third-order valence-electron chi connectivity index (χ3n) is 5.90. The summed E-state index contributed by atoms with van der Waals surface area (Å²) in [6.07, 6.45) is 13.2. The zero-order valence-electron chi connectivity index (χ0n) is 16.0. The van der Waals surface area contributed by atoms with Gasteiger partial charge in [0.15, 0.2) is 11.8 Å². The molecule has 0 atom stereocenters. The fourth-order valence-corrected chi connectivity index (χ4v) is 4.34. The zero-order valence-corrected chi connectivity index (χ0v) is 17.6. The van der Waals surface area contributed by atoms with E-state index in [0.29, 0.717) is 0 Å². The Kier molecular flexibility index (Phi) is 5.91. The van der Waals surface area contributed by atoms with Crippen molar-refractivity contribution in [2.24, 2.45) is 0 Å². The van der Waals surface area contributed by atoms with Crippen molar-refractivity contribution in [3.8, 4) is 0 Å². The monoisotopic (exact) mass is 415 g/mol. The second-order valence-electron chi connectivity index (χ2n) is 8.15. The quantitative estimate of drug-likeness (QED) is 0.747. The Labute approximate surface area is 167 Å². The van der Waals surface area contributed by atoms with E-state index in [-0.39, 0.29) is 22.5 Å². The average Bonchev–Trinajstić information content (AvgIpc) is 3.04. The van der Waals surface area contributed by atoms with E-state index in [2.05, 4.69) is 71.1 Å². The first kappa shape index (κ1) is 19.2. The first-order valence-corrected chi connectivity index (χ1v) is 9.74. The van der Waals surface area contributed by atoms with Crippen LogP contribution >= 0.6 is 0 Å². The maximum Gasteiger partial charge on any atom is 0.165 e. The molecule has 0 aliphatic carbocycles. The maximum atomic E-state index is 3.40. The van der Waals surface area contributed by atoms with Crippen LogP contribution in [-0.4, -0.2) is 45.8 Å². The fraction of sp³-hybridized carbons (Fsp3) is 0.500. The topological polar surface area (TPSA) is 22.0 Å². The number of rotatable bonds is 4. The molecule has 1 saturated heterocycles. The van der Waals surface area contributed by atoms with E-state index in [0.717, 1.165) is 19.4 Å². The molecule has 0 saturated carbocycles. The van der Waals surface area contributed by atoms with Gasteiger partial charge in [0.1, 0.15) is 6.54 Å². The maximum absolute atomic E-state index is 3.40. The molecule has 1 N–H and O–H groups in total. The minimum absolute atomic E-state index is 0. The third-order valence-corrected chi connectivity index (χ3v) is 5.90. The number of para-hydroxylation sites is 1. The van der Waals surface area contributed by atoms with Crippen LogP contribution in [0.3, 0.4) is 0 Å². The second-order valence-corrected chi connectivity index (χ2v) is 8.15. The molecule has 140 valence electrons. The largest absolute Gasteiger partial charge is 1.00 e. The van der Waals surface area contributed by atoms with Crippen LogP contribution in [0.4, 0.5) is 0 Å². The van der Waals surface area contributed by atoms with Gasteiger partial charge in [-0.3, -0.25) is 0 Å². The van der Waals surface area contributed by atoms with Crippen molar-refractivity contribution < 1.29 is 21.6 Å². The lowest BCUT2D eigenvalue weighted by Crippen LogP contribution is -3.00. The molecule has 1 fully saturated rings. The number of allylic oxidation sites excluding steroid dienone is 1. The molecule has 2 aliphatic rings. The predicted molar refractivity (Wildman–Crippen MR) is 105 cm³/mol. The molecule has 0 amide bonds. The van der Waals surface area contributed by atoms with Crippen LogP contribution in [-0.2, 0) is 6.42 Å². The number of aromatic nitrogens is 1. The lowest BCUT2D eigenvalue weighted by Gasteiger charge is -2.36. The van der Waals surface area contributed by atoms with Crippen LogP contribution in [0.1, 0.15) is 45.1 Å². The summed E-state index contributed by atoms with van der Waals surface area (Å²) in [5.74, 6) is 0. The fourth-order valence-electron chi connectivity index (χ4n) is 4.34. The van der Waals surface area contributed by atoms with Crippen molar-refractivity contribution in [3.05, 3.63) is 47.8 Å². The number of nitrogens with one attached hydrogen (secondary N) is 1. The van der Waals surface area contributed by atoms with Gasteiger partial charge in [-0.25, -0.2) is 4.58 Å². The van der Waals surface area contributed by atoms with E-state index in [1.165, 1.54) is 54.5 Å². The summed E-state index contributed by atoms with van der Waals surface area (Å²) in [5.41, 5.74) is 4.39. The number of H-pyrrole nitrogens is 1. The second kappa shape index (κ2) is 7.99.